The van der Waals surface area contributed by atoms with E-state index in [-0.39, 0.29) is 52.6 Å². The number of carbonyl (C=O) groups is 3. The molecule has 0 aromatic heterocycles. The molecule has 0 aliphatic heterocycles. The van der Waals surface area contributed by atoms with Crippen molar-refractivity contribution in [2.75, 3.05) is 19.8 Å². The number of hydrogen-bond acceptors (Lipinski definition) is 6. The predicted octanol–water partition coefficient (Wildman–Crippen LogP) is 6.40. The van der Waals surface area contributed by atoms with E-state index in [1.807, 2.05) is 0 Å². The third kappa shape index (κ3) is 11.3. The average Bonchev–Trinajstić information content (AvgIpc) is 2.89. The smallest absolute Gasteiger partial charge is 0.336 e. The van der Waals surface area contributed by atoms with Crippen LogP contribution >= 0.6 is 0 Å². The number of benzene rings is 1. The quantitative estimate of drug-likeness (QED) is 0.0992. The molecule has 9 heteroatoms. The molecule has 1 rings (SSSR count). The molecule has 0 heterocycles. The van der Waals surface area contributed by atoms with Crippen LogP contribution in [0.4, 0.5) is 0 Å². The Labute approximate surface area is 230 Å². The van der Waals surface area contributed by atoms with E-state index in [2.05, 4.69) is 19.7 Å². The predicted molar refractivity (Wildman–Crippen MR) is 148 cm³/mol. The summed E-state index contributed by atoms with van der Waals surface area (Å²) in [7, 11) is 0. The molecule has 39 heavy (non-hydrogen) atoms. The van der Waals surface area contributed by atoms with Crippen LogP contribution in [-0.2, 0) is 33.5 Å². The molecule has 0 unspecified atom stereocenters. The van der Waals surface area contributed by atoms with Gasteiger partial charge in [0.1, 0.15) is 0 Å². The summed E-state index contributed by atoms with van der Waals surface area (Å²) in [5, 5.41) is 30.7. The van der Waals surface area contributed by atoms with Crippen molar-refractivity contribution in [2.45, 2.75) is 77.0 Å². The molecule has 3 N–H and O–H groups in total. The second-order valence-electron chi connectivity index (χ2n) is 9.02. The van der Waals surface area contributed by atoms with Gasteiger partial charge in [0.2, 0.25) is 0 Å². The van der Waals surface area contributed by atoms with Gasteiger partial charge in [0, 0.05) is 0 Å². The molecule has 0 amide bonds. The van der Waals surface area contributed by atoms with E-state index in [1.54, 1.807) is 0 Å². The standard InChI is InChI=1S/C30H42O9/c1-4-37-19-13-7-10-16-22-25(28(31)32)23(17-11-8-14-20-38-5-2)27(30(35)36)24(26(22)29(33)34)18-12-9-15-21-39-6-3/h4-6H,1-3,7-21H2,(H,31,32)(H,33,34)(H,35,36). The van der Waals surface area contributed by atoms with Crippen molar-refractivity contribution in [3.63, 3.8) is 0 Å². The van der Waals surface area contributed by atoms with E-state index < -0.39 is 17.9 Å². The van der Waals surface area contributed by atoms with Crippen LogP contribution in [0.25, 0.3) is 0 Å². The van der Waals surface area contributed by atoms with E-state index in [9.17, 15) is 29.7 Å². The molecule has 1 aromatic carbocycles. The molecule has 9 nitrogen and oxygen atoms in total. The van der Waals surface area contributed by atoms with Gasteiger partial charge in [-0.25, -0.2) is 14.4 Å². The van der Waals surface area contributed by atoms with Crippen molar-refractivity contribution in [3.05, 3.63) is 71.9 Å². The minimum atomic E-state index is -1.32. The summed E-state index contributed by atoms with van der Waals surface area (Å²) in [4.78, 5) is 37.6. The Bertz CT molecular complexity index is 836. The molecule has 0 bridgehead atoms. The van der Waals surface area contributed by atoms with Crippen LogP contribution in [0.15, 0.2) is 38.5 Å². The fourth-order valence-corrected chi connectivity index (χ4v) is 4.69. The van der Waals surface area contributed by atoms with E-state index in [4.69, 9.17) is 14.2 Å². The lowest BCUT2D eigenvalue weighted by Crippen LogP contribution is -2.22. The van der Waals surface area contributed by atoms with Gasteiger partial charge in [-0.1, -0.05) is 19.7 Å². The van der Waals surface area contributed by atoms with Crippen molar-refractivity contribution in [2.24, 2.45) is 0 Å². The van der Waals surface area contributed by atoms with Crippen molar-refractivity contribution >= 4 is 17.9 Å². The van der Waals surface area contributed by atoms with Crippen molar-refractivity contribution in [1.82, 2.24) is 0 Å². The van der Waals surface area contributed by atoms with Crippen LogP contribution in [0.3, 0.4) is 0 Å². The third-order valence-electron chi connectivity index (χ3n) is 6.37. The van der Waals surface area contributed by atoms with Gasteiger partial charge in [0.25, 0.3) is 0 Å². The lowest BCUT2D eigenvalue weighted by atomic mass is 9.81. The van der Waals surface area contributed by atoms with Gasteiger partial charge >= 0.3 is 17.9 Å². The van der Waals surface area contributed by atoms with Gasteiger partial charge in [0.15, 0.2) is 0 Å². The number of carboxylic acids is 3. The summed E-state index contributed by atoms with van der Waals surface area (Å²) in [5.41, 5.74) is -0.00768. The molecule has 0 atom stereocenters. The molecule has 1 aromatic rings. The van der Waals surface area contributed by atoms with Gasteiger partial charge < -0.3 is 29.5 Å². The molecule has 0 aliphatic carbocycles. The fourth-order valence-electron chi connectivity index (χ4n) is 4.69. The maximum Gasteiger partial charge on any atom is 0.336 e. The molecule has 0 saturated heterocycles. The van der Waals surface area contributed by atoms with E-state index >= 15 is 0 Å². The minimum Gasteiger partial charge on any atom is -0.502 e. The van der Waals surface area contributed by atoms with Gasteiger partial charge in [-0.05, 0) is 93.7 Å². The van der Waals surface area contributed by atoms with Crippen LogP contribution in [-0.4, -0.2) is 53.0 Å². The Hall–Kier alpha value is -3.75. The van der Waals surface area contributed by atoms with Crippen LogP contribution in [0.2, 0.25) is 0 Å². The number of rotatable bonds is 24. The number of carboxylic acid groups (broad SMARTS) is 3. The molecule has 0 saturated carbocycles. The average molecular weight is 547 g/mol. The maximum atomic E-state index is 12.5. The number of unbranched alkanes of at least 4 members (excludes halogenated alkanes) is 6. The Kier molecular flexibility index (Phi) is 16.5. The summed E-state index contributed by atoms with van der Waals surface area (Å²) in [5.74, 6) is -3.95. The summed E-state index contributed by atoms with van der Waals surface area (Å²) in [6, 6.07) is 0. The summed E-state index contributed by atoms with van der Waals surface area (Å²) in [6.45, 7) is 11.9. The first kappa shape index (κ1) is 33.3. The highest BCUT2D eigenvalue weighted by Gasteiger charge is 2.32. The van der Waals surface area contributed by atoms with E-state index in [0.717, 1.165) is 0 Å². The number of hydrogen-bond donors (Lipinski definition) is 3. The zero-order chi connectivity index (χ0) is 29.0. The summed E-state index contributed by atoms with van der Waals surface area (Å²) in [6.07, 6.45) is 10.4. The highest BCUT2D eigenvalue weighted by molar-refractivity contribution is 6.05. The van der Waals surface area contributed by atoms with Gasteiger partial charge in [-0.2, -0.15) is 0 Å². The molecular weight excluding hydrogens is 504 g/mol. The third-order valence-corrected chi connectivity index (χ3v) is 6.37. The fraction of sp³-hybridized carbons (Fsp3) is 0.500. The molecule has 0 spiro atoms. The Morgan fingerprint density at radius 2 is 0.744 bits per heavy atom. The molecule has 216 valence electrons. The van der Waals surface area contributed by atoms with Crippen LogP contribution in [0.5, 0.6) is 0 Å². The Balaban J connectivity index is 3.52. The van der Waals surface area contributed by atoms with Gasteiger partial charge in [-0.15, -0.1) is 0 Å². The van der Waals surface area contributed by atoms with Crippen LogP contribution < -0.4 is 0 Å². The van der Waals surface area contributed by atoms with Gasteiger partial charge in [0.05, 0.1) is 55.3 Å². The lowest BCUT2D eigenvalue weighted by molar-refractivity contribution is 0.0693. The monoisotopic (exact) mass is 546 g/mol. The zero-order valence-electron chi connectivity index (χ0n) is 22.8. The van der Waals surface area contributed by atoms with E-state index in [1.165, 1.54) is 18.8 Å². The first-order valence-corrected chi connectivity index (χ1v) is 13.4. The SMILES string of the molecule is C=COCCCCCc1c(C(=O)O)c(CCCCCOC=C)c(C(=O)O)c(CCCCCOC=C)c1C(=O)O. The number of aromatic carboxylic acids is 3. The Morgan fingerprint density at radius 1 is 0.487 bits per heavy atom. The molecule has 0 aliphatic rings. The van der Waals surface area contributed by atoms with Crippen molar-refractivity contribution in [1.29, 1.82) is 0 Å². The maximum absolute atomic E-state index is 12.5. The normalized spacial score (nSPS) is 10.5. The zero-order valence-corrected chi connectivity index (χ0v) is 22.8. The van der Waals surface area contributed by atoms with Crippen LogP contribution in [0.1, 0.15) is 106 Å². The van der Waals surface area contributed by atoms with Crippen molar-refractivity contribution < 1.29 is 43.9 Å². The second-order valence-corrected chi connectivity index (χ2v) is 9.02. The highest BCUT2D eigenvalue weighted by atomic mass is 16.5. The second kappa shape index (κ2) is 19.3. The molecule has 0 radical (unpaired) electrons. The minimum absolute atomic E-state index is 0.194. The molecular formula is C30H42O9. The van der Waals surface area contributed by atoms with Crippen LogP contribution in [0, 0.1) is 0 Å². The van der Waals surface area contributed by atoms with Crippen molar-refractivity contribution in [3.8, 4) is 0 Å². The highest BCUT2D eigenvalue weighted by Crippen LogP contribution is 2.33. The van der Waals surface area contributed by atoms with E-state index in [0.29, 0.717) is 77.6 Å². The summed E-state index contributed by atoms with van der Waals surface area (Å²) >= 11 is 0. The lowest BCUT2D eigenvalue weighted by Gasteiger charge is -2.22. The topological polar surface area (TPSA) is 140 Å². The first-order chi connectivity index (χ1) is 18.8. The molecule has 0 fully saturated rings. The first-order valence-electron chi connectivity index (χ1n) is 13.4. The number of ether oxygens (including phenoxy) is 3. The van der Waals surface area contributed by atoms with Gasteiger partial charge in [-0.3, -0.25) is 0 Å². The Morgan fingerprint density at radius 3 is 0.949 bits per heavy atom. The largest absolute Gasteiger partial charge is 0.502 e. The summed E-state index contributed by atoms with van der Waals surface area (Å²) < 4.78 is 15.4.